The molecule has 1 aliphatic heterocycles. The van der Waals surface area contributed by atoms with Crippen LogP contribution < -0.4 is 16.0 Å². The zero-order valence-electron chi connectivity index (χ0n) is 21.2. The van der Waals surface area contributed by atoms with Crippen molar-refractivity contribution in [1.82, 2.24) is 15.5 Å². The number of piperazine rings is 1. The Labute approximate surface area is 217 Å². The molecule has 0 bridgehead atoms. The zero-order valence-corrected chi connectivity index (χ0v) is 21.2. The number of hydrogen-bond acceptors (Lipinski definition) is 5. The fourth-order valence-electron chi connectivity index (χ4n) is 5.47. The lowest BCUT2D eigenvalue weighted by Crippen LogP contribution is -2.63. The lowest BCUT2D eigenvalue weighted by molar-refractivity contribution is -0.133. The van der Waals surface area contributed by atoms with Crippen molar-refractivity contribution in [2.45, 2.75) is 63.3 Å². The van der Waals surface area contributed by atoms with E-state index in [0.29, 0.717) is 25.2 Å². The summed E-state index contributed by atoms with van der Waals surface area (Å²) in [5, 5.41) is 28.8. The molecule has 200 valence electrons. The molecular weight excluding hydrogens is 475 g/mol. The van der Waals surface area contributed by atoms with E-state index >= 15 is 0 Å². The number of carbonyl (C=O) groups excluding carboxylic acids is 2. The van der Waals surface area contributed by atoms with Crippen molar-refractivity contribution in [3.8, 4) is 0 Å². The average Bonchev–Trinajstić information content (AvgIpc) is 2.86. The minimum absolute atomic E-state index is 0.0615. The molecule has 1 unspecified atom stereocenters. The van der Waals surface area contributed by atoms with E-state index < -0.39 is 12.1 Å². The van der Waals surface area contributed by atoms with E-state index in [9.17, 15) is 24.2 Å². The first-order chi connectivity index (χ1) is 17.8. The molecule has 2 aromatic rings. The second-order valence-corrected chi connectivity index (χ2v) is 10.2. The summed E-state index contributed by atoms with van der Waals surface area (Å²) in [6, 6.07) is 12.3. The number of amides is 3. The summed E-state index contributed by atoms with van der Waals surface area (Å²) in [7, 11) is 0. The van der Waals surface area contributed by atoms with E-state index in [4.69, 9.17) is 0 Å². The van der Waals surface area contributed by atoms with Gasteiger partial charge in [-0.05, 0) is 67.5 Å². The average molecular weight is 513 g/mol. The maximum atomic E-state index is 13.3. The van der Waals surface area contributed by atoms with Gasteiger partial charge in [-0.3, -0.25) is 9.69 Å². The van der Waals surface area contributed by atoms with Crippen molar-refractivity contribution >= 4 is 17.6 Å². The minimum Gasteiger partial charge on any atom is -0.394 e. The molecule has 0 spiro atoms. The fraction of sp³-hybridized carbons (Fsp3) is 0.500. The topological polar surface area (TPSA) is 114 Å². The van der Waals surface area contributed by atoms with Crippen LogP contribution in [0.5, 0.6) is 0 Å². The first kappa shape index (κ1) is 27.0. The molecule has 5 atom stereocenters. The molecule has 0 radical (unpaired) electrons. The van der Waals surface area contributed by atoms with E-state index in [0.717, 1.165) is 36.8 Å². The summed E-state index contributed by atoms with van der Waals surface area (Å²) in [6.45, 7) is 2.55. The van der Waals surface area contributed by atoms with Gasteiger partial charge in [0.05, 0.1) is 12.7 Å². The number of nitrogens with zero attached hydrogens (tertiary/aromatic N) is 1. The SMILES string of the molecule is CC(O)c1cccc(NC(=O)N[C@@H]2CCCC[C@H]2CN2C[C@H](Cc3ccc(F)cc3)NC(=O)[C@@H]2CO)c1. The van der Waals surface area contributed by atoms with Gasteiger partial charge in [0, 0.05) is 30.9 Å². The van der Waals surface area contributed by atoms with Gasteiger partial charge in [-0.15, -0.1) is 0 Å². The molecular formula is C28H37FN4O4. The molecule has 1 saturated heterocycles. The normalized spacial score (nSPS) is 25.2. The highest BCUT2D eigenvalue weighted by molar-refractivity contribution is 5.89. The maximum Gasteiger partial charge on any atom is 0.319 e. The van der Waals surface area contributed by atoms with Crippen LogP contribution in [0.3, 0.4) is 0 Å². The summed E-state index contributed by atoms with van der Waals surface area (Å²) in [5.74, 6) is -0.374. The maximum absolute atomic E-state index is 13.3. The van der Waals surface area contributed by atoms with Crippen molar-refractivity contribution in [2.75, 3.05) is 25.0 Å². The Morgan fingerprint density at radius 3 is 2.68 bits per heavy atom. The quantitative estimate of drug-likeness (QED) is 0.373. The van der Waals surface area contributed by atoms with Gasteiger partial charge in [0.2, 0.25) is 5.91 Å². The molecule has 9 heteroatoms. The van der Waals surface area contributed by atoms with E-state index in [1.165, 1.54) is 12.1 Å². The lowest BCUT2D eigenvalue weighted by atomic mass is 9.83. The van der Waals surface area contributed by atoms with Crippen LogP contribution in [0.15, 0.2) is 48.5 Å². The highest BCUT2D eigenvalue weighted by atomic mass is 19.1. The number of anilines is 1. The molecule has 2 aliphatic rings. The first-order valence-corrected chi connectivity index (χ1v) is 13.1. The van der Waals surface area contributed by atoms with Crippen LogP contribution in [0.2, 0.25) is 0 Å². The van der Waals surface area contributed by atoms with Crippen LogP contribution in [-0.2, 0) is 11.2 Å². The van der Waals surface area contributed by atoms with Crippen molar-refractivity contribution in [2.24, 2.45) is 5.92 Å². The summed E-state index contributed by atoms with van der Waals surface area (Å²) in [4.78, 5) is 27.7. The molecule has 2 aromatic carbocycles. The molecule has 5 N–H and O–H groups in total. The van der Waals surface area contributed by atoms with Gasteiger partial charge >= 0.3 is 6.03 Å². The van der Waals surface area contributed by atoms with Gasteiger partial charge in [-0.1, -0.05) is 37.1 Å². The van der Waals surface area contributed by atoms with Crippen LogP contribution in [0.25, 0.3) is 0 Å². The fourth-order valence-corrected chi connectivity index (χ4v) is 5.47. The Kier molecular flexibility index (Phi) is 9.13. The number of halogens is 1. The van der Waals surface area contributed by atoms with Crippen LogP contribution in [-0.4, -0.2) is 64.9 Å². The highest BCUT2D eigenvalue weighted by Gasteiger charge is 2.37. The largest absolute Gasteiger partial charge is 0.394 e. The predicted octanol–water partition coefficient (Wildman–Crippen LogP) is 2.96. The van der Waals surface area contributed by atoms with Gasteiger partial charge in [-0.25, -0.2) is 9.18 Å². The Hall–Kier alpha value is -3.01. The van der Waals surface area contributed by atoms with Crippen LogP contribution in [0, 0.1) is 11.7 Å². The Balaban J connectivity index is 1.39. The zero-order chi connectivity index (χ0) is 26.4. The van der Waals surface area contributed by atoms with E-state index in [-0.39, 0.29) is 42.4 Å². The second kappa shape index (κ2) is 12.5. The number of hydrogen-bond donors (Lipinski definition) is 5. The number of benzene rings is 2. The molecule has 8 nitrogen and oxygen atoms in total. The number of rotatable bonds is 8. The van der Waals surface area contributed by atoms with Crippen molar-refractivity contribution in [1.29, 1.82) is 0 Å². The first-order valence-electron chi connectivity index (χ1n) is 13.1. The monoisotopic (exact) mass is 512 g/mol. The summed E-state index contributed by atoms with van der Waals surface area (Å²) in [5.41, 5.74) is 2.27. The smallest absolute Gasteiger partial charge is 0.319 e. The highest BCUT2D eigenvalue weighted by Crippen LogP contribution is 2.27. The third-order valence-electron chi connectivity index (χ3n) is 7.43. The van der Waals surface area contributed by atoms with Gasteiger partial charge in [-0.2, -0.15) is 0 Å². The second-order valence-electron chi connectivity index (χ2n) is 10.2. The van der Waals surface area contributed by atoms with Gasteiger partial charge < -0.3 is 26.2 Å². The lowest BCUT2D eigenvalue weighted by Gasteiger charge is -2.42. The standard InChI is InChI=1S/C28H37FN4O4/c1-18(35)20-6-4-7-23(14-20)31-28(37)32-25-8-3-2-5-21(25)15-33-16-24(30-27(36)26(33)17-34)13-19-9-11-22(29)12-10-19/h4,6-7,9-12,14,18,21,24-26,34-35H,2-3,5,8,13,15-17H2,1H3,(H,30,36)(H2,31,32,37)/t18?,21-,24-,25+,26-/m0/s1. The van der Waals surface area contributed by atoms with Crippen molar-refractivity contribution < 1.29 is 24.2 Å². The molecule has 37 heavy (non-hydrogen) atoms. The number of nitrogens with one attached hydrogen (secondary N) is 3. The third kappa shape index (κ3) is 7.28. The molecule has 1 saturated carbocycles. The Morgan fingerprint density at radius 2 is 1.95 bits per heavy atom. The molecule has 1 aliphatic carbocycles. The number of aliphatic hydroxyl groups is 2. The Morgan fingerprint density at radius 1 is 1.19 bits per heavy atom. The molecule has 0 aromatic heterocycles. The third-order valence-corrected chi connectivity index (χ3v) is 7.43. The van der Waals surface area contributed by atoms with E-state index in [1.807, 2.05) is 4.90 Å². The van der Waals surface area contributed by atoms with Crippen LogP contribution in [0.4, 0.5) is 14.9 Å². The summed E-state index contributed by atoms with van der Waals surface area (Å²) < 4.78 is 13.3. The Bertz CT molecular complexity index is 1060. The molecule has 2 fully saturated rings. The van der Waals surface area contributed by atoms with Crippen LogP contribution in [0.1, 0.15) is 49.8 Å². The number of aliphatic hydroxyl groups excluding tert-OH is 2. The number of urea groups is 1. The minimum atomic E-state index is -0.635. The molecule has 3 amide bonds. The van der Waals surface area contributed by atoms with Gasteiger partial charge in [0.25, 0.3) is 0 Å². The van der Waals surface area contributed by atoms with E-state index in [1.54, 1.807) is 43.3 Å². The van der Waals surface area contributed by atoms with Crippen LogP contribution >= 0.6 is 0 Å². The molecule has 1 heterocycles. The van der Waals surface area contributed by atoms with Gasteiger partial charge in [0.1, 0.15) is 11.9 Å². The number of carbonyl (C=O) groups is 2. The van der Waals surface area contributed by atoms with Crippen molar-refractivity contribution in [3.63, 3.8) is 0 Å². The van der Waals surface area contributed by atoms with Gasteiger partial charge in [0.15, 0.2) is 0 Å². The van der Waals surface area contributed by atoms with E-state index in [2.05, 4.69) is 16.0 Å². The summed E-state index contributed by atoms with van der Waals surface area (Å²) in [6.07, 6.45) is 3.76. The summed E-state index contributed by atoms with van der Waals surface area (Å²) >= 11 is 0. The predicted molar refractivity (Wildman–Crippen MR) is 139 cm³/mol. The molecule has 4 rings (SSSR count). The van der Waals surface area contributed by atoms with Crippen molar-refractivity contribution in [3.05, 3.63) is 65.5 Å².